The van der Waals surface area contributed by atoms with Gasteiger partial charge in [0.25, 0.3) is 5.89 Å². The lowest BCUT2D eigenvalue weighted by molar-refractivity contribution is 0.176. The van der Waals surface area contributed by atoms with E-state index >= 15 is 0 Å². The second kappa shape index (κ2) is 5.64. The lowest BCUT2D eigenvalue weighted by Gasteiger charge is -2.30. The Balaban J connectivity index is 1.77. The van der Waals surface area contributed by atoms with Gasteiger partial charge in [0, 0.05) is 26.2 Å². The van der Waals surface area contributed by atoms with Crippen LogP contribution in [0.2, 0.25) is 0 Å². The maximum Gasteiger partial charge on any atom is 0.276 e. The zero-order valence-electron chi connectivity index (χ0n) is 11.2. The highest BCUT2D eigenvalue weighted by atomic mass is 19.1. The van der Waals surface area contributed by atoms with Crippen molar-refractivity contribution in [1.29, 1.82) is 0 Å². The van der Waals surface area contributed by atoms with Crippen molar-refractivity contribution in [3.05, 3.63) is 30.0 Å². The molecule has 20 heavy (non-hydrogen) atoms. The summed E-state index contributed by atoms with van der Waals surface area (Å²) in [4.78, 5) is 10.6. The van der Waals surface area contributed by atoms with Crippen LogP contribution in [0, 0.1) is 5.82 Å². The fourth-order valence-electron chi connectivity index (χ4n) is 2.24. The molecule has 0 spiro atoms. The number of hydrogen-bond acceptors (Lipinski definition) is 6. The molecule has 2 aromatic rings. The van der Waals surface area contributed by atoms with Crippen molar-refractivity contribution in [1.82, 2.24) is 25.3 Å². The van der Waals surface area contributed by atoms with Crippen molar-refractivity contribution in [2.24, 2.45) is 0 Å². The number of pyridine rings is 1. The third kappa shape index (κ3) is 2.68. The number of rotatable bonds is 3. The fourth-order valence-corrected chi connectivity index (χ4v) is 2.24. The van der Waals surface area contributed by atoms with Crippen LogP contribution in [-0.4, -0.2) is 46.2 Å². The van der Waals surface area contributed by atoms with E-state index in [-0.39, 0.29) is 11.9 Å². The van der Waals surface area contributed by atoms with E-state index in [1.165, 1.54) is 12.1 Å². The summed E-state index contributed by atoms with van der Waals surface area (Å²) in [5, 5.41) is 7.31. The molecular formula is C13H16FN5O. The summed E-state index contributed by atoms with van der Waals surface area (Å²) in [7, 11) is 0. The third-order valence-corrected chi connectivity index (χ3v) is 3.46. The summed E-state index contributed by atoms with van der Waals surface area (Å²) < 4.78 is 18.1. The predicted octanol–water partition coefficient (Wildman–Crippen LogP) is 1.24. The van der Waals surface area contributed by atoms with E-state index in [0.29, 0.717) is 17.4 Å². The first kappa shape index (κ1) is 13.1. The van der Waals surface area contributed by atoms with Crippen LogP contribution in [0.1, 0.15) is 18.8 Å². The maximum absolute atomic E-state index is 12.8. The standard InChI is InChI=1S/C13H16FN5O/c1-9(19-6-4-15-5-7-19)12-17-13(20-18-12)11-3-2-10(14)8-16-11/h2-3,8-9,15H,4-7H2,1H3. The van der Waals surface area contributed by atoms with Crippen molar-refractivity contribution < 1.29 is 8.91 Å². The van der Waals surface area contributed by atoms with Gasteiger partial charge in [0.05, 0.1) is 12.2 Å². The van der Waals surface area contributed by atoms with Crippen LogP contribution in [0.3, 0.4) is 0 Å². The SMILES string of the molecule is CC(c1noc(-c2ccc(F)cn2)n1)N1CCNCC1. The first-order valence-corrected chi connectivity index (χ1v) is 6.64. The summed E-state index contributed by atoms with van der Waals surface area (Å²) in [5.41, 5.74) is 0.484. The van der Waals surface area contributed by atoms with Crippen LogP contribution in [0.15, 0.2) is 22.9 Å². The molecule has 1 N–H and O–H groups in total. The lowest BCUT2D eigenvalue weighted by Crippen LogP contribution is -2.44. The smallest absolute Gasteiger partial charge is 0.276 e. The molecule has 0 bridgehead atoms. The molecule has 106 valence electrons. The molecule has 0 aromatic carbocycles. The van der Waals surface area contributed by atoms with Crippen LogP contribution < -0.4 is 5.32 Å². The van der Waals surface area contributed by atoms with E-state index in [9.17, 15) is 4.39 Å². The van der Waals surface area contributed by atoms with Gasteiger partial charge in [0.1, 0.15) is 11.5 Å². The Kier molecular flexibility index (Phi) is 3.70. The Morgan fingerprint density at radius 3 is 2.85 bits per heavy atom. The van der Waals surface area contributed by atoms with Crippen molar-refractivity contribution in [3.63, 3.8) is 0 Å². The molecule has 1 aliphatic heterocycles. The zero-order valence-corrected chi connectivity index (χ0v) is 11.2. The highest BCUT2D eigenvalue weighted by Gasteiger charge is 2.23. The number of nitrogens with zero attached hydrogens (tertiary/aromatic N) is 4. The molecule has 2 aromatic heterocycles. The van der Waals surface area contributed by atoms with Crippen molar-refractivity contribution in [3.8, 4) is 11.6 Å². The number of piperazine rings is 1. The van der Waals surface area contributed by atoms with Crippen LogP contribution in [-0.2, 0) is 0 Å². The highest BCUT2D eigenvalue weighted by molar-refractivity contribution is 5.45. The van der Waals surface area contributed by atoms with Gasteiger partial charge in [0.15, 0.2) is 5.82 Å². The number of aromatic nitrogens is 3. The summed E-state index contributed by atoms with van der Waals surface area (Å²) in [5.74, 6) is 0.567. The Labute approximate surface area is 116 Å². The Morgan fingerprint density at radius 1 is 1.35 bits per heavy atom. The first-order valence-electron chi connectivity index (χ1n) is 6.64. The van der Waals surface area contributed by atoms with Gasteiger partial charge >= 0.3 is 0 Å². The minimum absolute atomic E-state index is 0.0926. The molecule has 1 atom stereocenters. The molecule has 0 radical (unpaired) electrons. The van der Waals surface area contributed by atoms with Crippen LogP contribution in [0.25, 0.3) is 11.6 Å². The monoisotopic (exact) mass is 277 g/mol. The second-order valence-corrected chi connectivity index (χ2v) is 4.78. The normalized spacial score (nSPS) is 18.1. The van der Waals surface area contributed by atoms with Gasteiger partial charge < -0.3 is 9.84 Å². The molecule has 0 amide bonds. The Hall–Kier alpha value is -1.86. The molecule has 1 unspecified atom stereocenters. The molecule has 0 saturated carbocycles. The Morgan fingerprint density at radius 2 is 2.15 bits per heavy atom. The van der Waals surface area contributed by atoms with E-state index < -0.39 is 0 Å². The average molecular weight is 277 g/mol. The van der Waals surface area contributed by atoms with Gasteiger partial charge in [0.2, 0.25) is 0 Å². The van der Waals surface area contributed by atoms with Crippen molar-refractivity contribution >= 4 is 0 Å². The number of hydrogen-bond donors (Lipinski definition) is 1. The van der Waals surface area contributed by atoms with Crippen molar-refractivity contribution in [2.75, 3.05) is 26.2 Å². The fraction of sp³-hybridized carbons (Fsp3) is 0.462. The van der Waals surface area contributed by atoms with Gasteiger partial charge in [-0.25, -0.2) is 9.37 Å². The van der Waals surface area contributed by atoms with Crippen LogP contribution in [0.5, 0.6) is 0 Å². The topological polar surface area (TPSA) is 67.1 Å². The lowest BCUT2D eigenvalue weighted by atomic mass is 10.2. The van der Waals surface area contributed by atoms with Gasteiger partial charge in [-0.3, -0.25) is 4.90 Å². The minimum Gasteiger partial charge on any atom is -0.332 e. The summed E-state index contributed by atoms with van der Waals surface area (Å²) in [6.45, 7) is 5.90. The second-order valence-electron chi connectivity index (χ2n) is 4.78. The molecule has 7 heteroatoms. The van der Waals surface area contributed by atoms with Crippen LogP contribution in [0.4, 0.5) is 4.39 Å². The molecule has 1 aliphatic rings. The molecular weight excluding hydrogens is 261 g/mol. The van der Waals surface area contributed by atoms with Gasteiger partial charge in [-0.1, -0.05) is 5.16 Å². The summed E-state index contributed by atoms with van der Waals surface area (Å²) >= 11 is 0. The number of nitrogens with one attached hydrogen (secondary N) is 1. The van der Waals surface area contributed by atoms with Gasteiger partial charge in [-0.05, 0) is 19.1 Å². The molecule has 3 heterocycles. The Bertz CT molecular complexity index is 564. The van der Waals surface area contributed by atoms with E-state index in [0.717, 1.165) is 32.4 Å². The highest BCUT2D eigenvalue weighted by Crippen LogP contribution is 2.21. The van der Waals surface area contributed by atoms with Crippen molar-refractivity contribution in [2.45, 2.75) is 13.0 Å². The average Bonchev–Trinajstić information content (AvgIpc) is 2.98. The summed E-state index contributed by atoms with van der Waals surface area (Å²) in [6, 6.07) is 2.95. The van der Waals surface area contributed by atoms with E-state index in [2.05, 4.69) is 32.3 Å². The van der Waals surface area contributed by atoms with Gasteiger partial charge in [-0.2, -0.15) is 4.98 Å². The molecule has 6 nitrogen and oxygen atoms in total. The third-order valence-electron chi connectivity index (χ3n) is 3.46. The largest absolute Gasteiger partial charge is 0.332 e. The van der Waals surface area contributed by atoms with E-state index in [1.807, 2.05) is 0 Å². The van der Waals surface area contributed by atoms with Gasteiger partial charge in [-0.15, -0.1) is 0 Å². The predicted molar refractivity (Wildman–Crippen MR) is 70.3 cm³/mol. The molecule has 1 fully saturated rings. The maximum atomic E-state index is 12.8. The molecule has 0 aliphatic carbocycles. The number of halogens is 1. The first-order chi connectivity index (χ1) is 9.74. The van der Waals surface area contributed by atoms with Crippen LogP contribution >= 0.6 is 0 Å². The zero-order chi connectivity index (χ0) is 13.9. The van der Waals surface area contributed by atoms with E-state index in [1.54, 1.807) is 0 Å². The quantitative estimate of drug-likeness (QED) is 0.910. The van der Waals surface area contributed by atoms with E-state index in [4.69, 9.17) is 4.52 Å². The minimum atomic E-state index is -0.386. The summed E-state index contributed by atoms with van der Waals surface area (Å²) in [6.07, 6.45) is 1.14. The molecule has 1 saturated heterocycles. The molecule has 3 rings (SSSR count).